The lowest BCUT2D eigenvalue weighted by Gasteiger charge is -2.44. The Labute approximate surface area is 244 Å². The van der Waals surface area contributed by atoms with Crippen molar-refractivity contribution in [2.45, 2.75) is 38.7 Å². The molecule has 0 saturated carbocycles. The number of amides is 1. The van der Waals surface area contributed by atoms with Crippen molar-refractivity contribution in [1.29, 1.82) is 0 Å². The minimum absolute atomic E-state index is 0.107. The number of carbonyl (C=O) groups excluding carboxylic acids is 1. The molecule has 2 fully saturated rings. The minimum atomic E-state index is -4.92. The lowest BCUT2D eigenvalue weighted by Crippen LogP contribution is -2.55. The number of nitrogens with zero attached hydrogens (tertiary/aromatic N) is 3. The van der Waals surface area contributed by atoms with E-state index in [1.807, 2.05) is 37.2 Å². The Morgan fingerprint density at radius 3 is 2.48 bits per heavy atom. The van der Waals surface area contributed by atoms with E-state index in [1.165, 1.54) is 23.5 Å². The standard InChI is InChI=1S/C29H33F4N5O3S/c1-17-13-38(14-18(2)36(17)3)26-11-24(30)21(19-8-20(42-16-19)15-37-4-6-41-7-5-37)9-25(26)35-28(40)22-12-34-27(39)10-23(22)29(31,32)33/h8-12,16-18H,4-7,13-15H2,1-3H3,(H,34,39)(H,35,40). The van der Waals surface area contributed by atoms with Crippen molar-refractivity contribution in [2.24, 2.45) is 0 Å². The van der Waals surface area contributed by atoms with Gasteiger partial charge in [0.1, 0.15) is 5.82 Å². The summed E-state index contributed by atoms with van der Waals surface area (Å²) in [4.78, 5) is 34.5. The van der Waals surface area contributed by atoms with E-state index in [0.717, 1.165) is 24.2 Å². The zero-order valence-corrected chi connectivity index (χ0v) is 24.4. The van der Waals surface area contributed by atoms with Crippen molar-refractivity contribution in [2.75, 3.05) is 56.7 Å². The molecule has 0 radical (unpaired) electrons. The number of halogens is 4. The number of benzene rings is 1. The number of likely N-dealkylation sites (N-methyl/N-ethyl adjacent to an activating group) is 1. The van der Waals surface area contributed by atoms with E-state index in [1.54, 1.807) is 0 Å². The lowest BCUT2D eigenvalue weighted by atomic mass is 10.0. The third-order valence-corrected chi connectivity index (χ3v) is 8.88. The van der Waals surface area contributed by atoms with Crippen LogP contribution in [0.25, 0.3) is 11.1 Å². The Balaban J connectivity index is 1.52. The molecule has 13 heteroatoms. The molecular weight excluding hydrogens is 574 g/mol. The number of aromatic amines is 1. The van der Waals surface area contributed by atoms with E-state index >= 15 is 4.39 Å². The molecule has 2 unspecified atom stereocenters. The molecule has 2 N–H and O–H groups in total. The van der Waals surface area contributed by atoms with Crippen LogP contribution in [0, 0.1) is 5.82 Å². The molecule has 2 saturated heterocycles. The highest BCUT2D eigenvalue weighted by atomic mass is 32.1. The monoisotopic (exact) mass is 607 g/mol. The first-order valence-electron chi connectivity index (χ1n) is 13.7. The number of anilines is 2. The van der Waals surface area contributed by atoms with E-state index < -0.39 is 34.6 Å². The van der Waals surface area contributed by atoms with Crippen molar-refractivity contribution >= 4 is 28.6 Å². The van der Waals surface area contributed by atoms with Crippen molar-refractivity contribution in [3.05, 3.63) is 68.0 Å². The van der Waals surface area contributed by atoms with Gasteiger partial charge in [-0.1, -0.05) is 0 Å². The second kappa shape index (κ2) is 12.2. The number of H-pyrrole nitrogens is 1. The maximum Gasteiger partial charge on any atom is 0.417 e. The highest BCUT2D eigenvalue weighted by Gasteiger charge is 2.36. The Morgan fingerprint density at radius 2 is 1.81 bits per heavy atom. The Morgan fingerprint density at radius 1 is 1.12 bits per heavy atom. The summed E-state index contributed by atoms with van der Waals surface area (Å²) in [7, 11) is 2.00. The lowest BCUT2D eigenvalue weighted by molar-refractivity contribution is -0.138. The minimum Gasteiger partial charge on any atom is -0.379 e. The number of ether oxygens (including phenoxy) is 1. The van der Waals surface area contributed by atoms with Crippen LogP contribution < -0.4 is 15.8 Å². The number of alkyl halides is 3. The highest BCUT2D eigenvalue weighted by Crippen LogP contribution is 2.38. The third kappa shape index (κ3) is 6.54. The SMILES string of the molecule is CC1CN(c2cc(F)c(-c3csc(CN4CCOCC4)c3)cc2NC(=O)c2c[nH]c(=O)cc2C(F)(F)F)CC(C)N1C. The first-order chi connectivity index (χ1) is 19.9. The van der Waals surface area contributed by atoms with Crippen LogP contribution in [-0.2, 0) is 17.5 Å². The molecule has 0 bridgehead atoms. The normalized spacial score (nSPS) is 20.6. The molecule has 42 heavy (non-hydrogen) atoms. The fraction of sp³-hybridized carbons (Fsp3) is 0.448. The average molecular weight is 608 g/mol. The number of piperazine rings is 1. The second-order valence-corrected chi connectivity index (χ2v) is 11.9. The summed E-state index contributed by atoms with van der Waals surface area (Å²) >= 11 is 1.49. The molecular formula is C29H33F4N5O3S. The number of thiophene rings is 1. The van der Waals surface area contributed by atoms with E-state index in [4.69, 9.17) is 4.74 Å². The Kier molecular flexibility index (Phi) is 8.74. The van der Waals surface area contributed by atoms with Gasteiger partial charge in [0.2, 0.25) is 5.56 Å². The molecule has 0 aliphatic carbocycles. The predicted molar refractivity (Wildman–Crippen MR) is 155 cm³/mol. The molecule has 226 valence electrons. The molecule has 4 heterocycles. The van der Waals surface area contributed by atoms with Crippen LogP contribution >= 0.6 is 11.3 Å². The molecule has 0 spiro atoms. The number of morpholine rings is 1. The average Bonchev–Trinajstić information content (AvgIpc) is 3.40. The number of hydrogen-bond acceptors (Lipinski definition) is 7. The van der Waals surface area contributed by atoms with Crippen LogP contribution in [0.5, 0.6) is 0 Å². The van der Waals surface area contributed by atoms with Crippen LogP contribution in [0.4, 0.5) is 28.9 Å². The van der Waals surface area contributed by atoms with Gasteiger partial charge in [0.05, 0.1) is 35.7 Å². The number of aromatic nitrogens is 1. The van der Waals surface area contributed by atoms with Crippen LogP contribution in [0.3, 0.4) is 0 Å². The summed E-state index contributed by atoms with van der Waals surface area (Å²) in [5.74, 6) is -1.57. The number of pyridine rings is 1. The smallest absolute Gasteiger partial charge is 0.379 e. The fourth-order valence-electron chi connectivity index (χ4n) is 5.41. The number of rotatable bonds is 6. The summed E-state index contributed by atoms with van der Waals surface area (Å²) in [5.41, 5.74) is -1.66. The maximum atomic E-state index is 15.8. The van der Waals surface area contributed by atoms with Gasteiger partial charge in [-0.25, -0.2) is 4.39 Å². The van der Waals surface area contributed by atoms with Gasteiger partial charge < -0.3 is 19.9 Å². The van der Waals surface area contributed by atoms with E-state index in [0.29, 0.717) is 50.2 Å². The van der Waals surface area contributed by atoms with Crippen molar-refractivity contribution in [3.8, 4) is 11.1 Å². The zero-order chi connectivity index (χ0) is 30.2. The summed E-state index contributed by atoms with van der Waals surface area (Å²) in [6.07, 6.45) is -4.17. The fourth-order valence-corrected chi connectivity index (χ4v) is 6.34. The molecule has 1 amide bonds. The van der Waals surface area contributed by atoms with E-state index in [-0.39, 0.29) is 23.3 Å². The Hall–Kier alpha value is -3.26. The van der Waals surface area contributed by atoms with Crippen LogP contribution in [-0.4, -0.2) is 79.2 Å². The largest absolute Gasteiger partial charge is 0.417 e. The predicted octanol–water partition coefficient (Wildman–Crippen LogP) is 4.87. The van der Waals surface area contributed by atoms with Crippen LogP contribution in [0.1, 0.15) is 34.6 Å². The molecule has 2 aromatic heterocycles. The quantitative estimate of drug-likeness (QED) is 0.389. The maximum absolute atomic E-state index is 15.8. The number of carbonyl (C=O) groups is 1. The zero-order valence-electron chi connectivity index (χ0n) is 23.6. The van der Waals surface area contributed by atoms with Gasteiger partial charge in [0, 0.05) is 67.5 Å². The highest BCUT2D eigenvalue weighted by molar-refractivity contribution is 7.10. The van der Waals surface area contributed by atoms with E-state index in [9.17, 15) is 22.8 Å². The molecule has 2 atom stereocenters. The van der Waals surface area contributed by atoms with Gasteiger partial charge >= 0.3 is 6.18 Å². The summed E-state index contributed by atoms with van der Waals surface area (Å²) < 4.78 is 62.4. The summed E-state index contributed by atoms with van der Waals surface area (Å²) in [5, 5.41) is 4.44. The first-order valence-corrected chi connectivity index (χ1v) is 14.6. The molecule has 5 rings (SSSR count). The summed E-state index contributed by atoms with van der Waals surface area (Å²) in [6.45, 7) is 8.73. The second-order valence-electron chi connectivity index (χ2n) is 10.9. The molecule has 2 aliphatic heterocycles. The third-order valence-electron chi connectivity index (χ3n) is 7.96. The van der Waals surface area contributed by atoms with Gasteiger partial charge in [-0.2, -0.15) is 13.2 Å². The first kappa shape index (κ1) is 30.2. The van der Waals surface area contributed by atoms with Crippen molar-refractivity contribution in [3.63, 3.8) is 0 Å². The van der Waals surface area contributed by atoms with Gasteiger partial charge in [-0.05, 0) is 50.0 Å². The van der Waals surface area contributed by atoms with Gasteiger partial charge in [-0.15, -0.1) is 11.3 Å². The molecule has 1 aromatic carbocycles. The van der Waals surface area contributed by atoms with Crippen LogP contribution in [0.2, 0.25) is 0 Å². The molecule has 3 aromatic rings. The molecule has 2 aliphatic rings. The Bertz CT molecular complexity index is 1490. The van der Waals surface area contributed by atoms with Gasteiger partial charge in [0.25, 0.3) is 5.91 Å². The molecule has 8 nitrogen and oxygen atoms in total. The van der Waals surface area contributed by atoms with Crippen molar-refractivity contribution < 1.29 is 27.1 Å². The number of nitrogens with one attached hydrogen (secondary N) is 2. The van der Waals surface area contributed by atoms with Crippen LogP contribution in [0.15, 0.2) is 40.6 Å². The van der Waals surface area contributed by atoms with Crippen molar-refractivity contribution in [1.82, 2.24) is 14.8 Å². The number of hydrogen-bond donors (Lipinski definition) is 2. The summed E-state index contributed by atoms with van der Waals surface area (Å²) in [6, 6.07) is 5.29. The topological polar surface area (TPSA) is 80.9 Å². The van der Waals surface area contributed by atoms with Gasteiger partial charge in [0.15, 0.2) is 0 Å². The van der Waals surface area contributed by atoms with Gasteiger partial charge in [-0.3, -0.25) is 19.4 Å². The van der Waals surface area contributed by atoms with E-state index in [2.05, 4.69) is 20.1 Å².